The first-order valence-electron chi connectivity index (χ1n) is 7.48. The number of aromatic hydroxyl groups is 2. The molecule has 0 amide bonds. The van der Waals surface area contributed by atoms with Crippen LogP contribution in [0, 0.1) is 0 Å². The van der Waals surface area contributed by atoms with Gasteiger partial charge in [-0.05, 0) is 55.5 Å². The van der Waals surface area contributed by atoms with Gasteiger partial charge < -0.3 is 14.9 Å². The number of methoxy groups -OCH3 is 1. The Morgan fingerprint density at radius 2 is 1.55 bits per heavy atom. The van der Waals surface area contributed by atoms with Crippen LogP contribution in [0.15, 0.2) is 24.3 Å². The smallest absolute Gasteiger partial charge is 0.122 e. The van der Waals surface area contributed by atoms with E-state index in [-0.39, 0.29) is 16.9 Å². The fourth-order valence-corrected chi connectivity index (χ4v) is 4.66. The van der Waals surface area contributed by atoms with Crippen molar-refractivity contribution in [3.05, 3.63) is 51.5 Å². The number of rotatable bonds is 1. The Labute approximate surface area is 134 Å². The molecule has 2 aliphatic carbocycles. The number of phenolic OH excluding ortho intramolecular Hbond substituents is 2. The maximum atomic E-state index is 10.5. The van der Waals surface area contributed by atoms with Gasteiger partial charge in [-0.25, -0.2) is 0 Å². The van der Waals surface area contributed by atoms with Crippen molar-refractivity contribution in [2.75, 3.05) is 7.11 Å². The Balaban J connectivity index is 2.03. The zero-order valence-corrected chi connectivity index (χ0v) is 13.1. The molecule has 2 aromatic rings. The van der Waals surface area contributed by atoms with Crippen LogP contribution in [-0.2, 0) is 18.3 Å². The van der Waals surface area contributed by atoms with Crippen molar-refractivity contribution in [2.45, 2.75) is 31.1 Å². The van der Waals surface area contributed by atoms with Crippen LogP contribution in [0.5, 0.6) is 17.2 Å². The van der Waals surface area contributed by atoms with Gasteiger partial charge in [0.05, 0.1) is 7.11 Å². The molecule has 0 heterocycles. The standard InChI is InChI=1S/C18H17ClO3/c1-22-15-5-4-14(21)17-11(15)7-9-18(17)8-6-10-12(19)2-3-13(20)16(10)18/h2-5,20-21H,6-9H2,1H3. The molecule has 4 rings (SSSR count). The Morgan fingerprint density at radius 1 is 0.955 bits per heavy atom. The predicted octanol–water partition coefficient (Wildman–Crippen LogP) is 3.94. The predicted molar refractivity (Wildman–Crippen MR) is 85.2 cm³/mol. The quantitative estimate of drug-likeness (QED) is 0.838. The zero-order valence-electron chi connectivity index (χ0n) is 12.3. The molecular formula is C18H17ClO3. The number of phenols is 2. The monoisotopic (exact) mass is 316 g/mol. The van der Waals surface area contributed by atoms with Gasteiger partial charge in [-0.2, -0.15) is 0 Å². The van der Waals surface area contributed by atoms with Crippen molar-refractivity contribution in [1.29, 1.82) is 0 Å². The highest BCUT2D eigenvalue weighted by Gasteiger charge is 2.49. The van der Waals surface area contributed by atoms with Crippen molar-refractivity contribution in [3.63, 3.8) is 0 Å². The molecule has 114 valence electrons. The third kappa shape index (κ3) is 1.57. The van der Waals surface area contributed by atoms with Gasteiger partial charge in [-0.15, -0.1) is 0 Å². The first-order valence-corrected chi connectivity index (χ1v) is 7.86. The van der Waals surface area contributed by atoms with E-state index in [1.165, 1.54) is 0 Å². The van der Waals surface area contributed by atoms with E-state index in [1.807, 2.05) is 0 Å². The van der Waals surface area contributed by atoms with E-state index in [9.17, 15) is 10.2 Å². The van der Waals surface area contributed by atoms with Crippen molar-refractivity contribution < 1.29 is 14.9 Å². The largest absolute Gasteiger partial charge is 0.508 e. The average molecular weight is 317 g/mol. The highest BCUT2D eigenvalue weighted by molar-refractivity contribution is 6.31. The summed E-state index contributed by atoms with van der Waals surface area (Å²) < 4.78 is 5.46. The molecule has 4 heteroatoms. The topological polar surface area (TPSA) is 49.7 Å². The van der Waals surface area contributed by atoms with Crippen molar-refractivity contribution in [1.82, 2.24) is 0 Å². The van der Waals surface area contributed by atoms with E-state index in [2.05, 4.69) is 0 Å². The van der Waals surface area contributed by atoms with E-state index in [1.54, 1.807) is 31.4 Å². The third-order valence-corrected chi connectivity index (χ3v) is 5.62. The summed E-state index contributed by atoms with van der Waals surface area (Å²) in [5.74, 6) is 1.35. The van der Waals surface area contributed by atoms with E-state index in [0.717, 1.165) is 53.7 Å². The van der Waals surface area contributed by atoms with E-state index < -0.39 is 0 Å². The molecule has 1 atom stereocenters. The summed E-state index contributed by atoms with van der Waals surface area (Å²) in [7, 11) is 1.65. The summed E-state index contributed by atoms with van der Waals surface area (Å²) in [6.07, 6.45) is 3.36. The van der Waals surface area contributed by atoms with E-state index in [0.29, 0.717) is 5.02 Å². The number of ether oxygens (including phenoxy) is 1. The Bertz CT molecular complexity index is 784. The van der Waals surface area contributed by atoms with Crippen LogP contribution in [0.2, 0.25) is 5.02 Å². The highest BCUT2D eigenvalue weighted by atomic mass is 35.5. The Morgan fingerprint density at radius 3 is 2.23 bits per heavy atom. The van der Waals surface area contributed by atoms with Gasteiger partial charge in [0.25, 0.3) is 0 Å². The number of halogens is 1. The van der Waals surface area contributed by atoms with Gasteiger partial charge in [-0.1, -0.05) is 11.6 Å². The number of hydrogen-bond donors (Lipinski definition) is 2. The first-order chi connectivity index (χ1) is 10.6. The van der Waals surface area contributed by atoms with E-state index in [4.69, 9.17) is 16.3 Å². The molecule has 0 saturated heterocycles. The van der Waals surface area contributed by atoms with Crippen molar-refractivity contribution in [2.24, 2.45) is 0 Å². The van der Waals surface area contributed by atoms with Gasteiger partial charge in [0, 0.05) is 27.1 Å². The van der Waals surface area contributed by atoms with Crippen molar-refractivity contribution >= 4 is 11.6 Å². The van der Waals surface area contributed by atoms with Crippen molar-refractivity contribution in [3.8, 4) is 17.2 Å². The third-order valence-electron chi connectivity index (χ3n) is 5.26. The molecule has 0 fully saturated rings. The van der Waals surface area contributed by atoms with Crippen LogP contribution in [-0.4, -0.2) is 17.3 Å². The number of fused-ring (bicyclic) bond motifs is 4. The summed E-state index contributed by atoms with van der Waals surface area (Å²) in [4.78, 5) is 0. The average Bonchev–Trinajstić information content (AvgIpc) is 3.09. The lowest BCUT2D eigenvalue weighted by Crippen LogP contribution is -2.21. The minimum absolute atomic E-state index is 0.270. The van der Waals surface area contributed by atoms with Crippen LogP contribution in [0.1, 0.15) is 35.1 Å². The molecule has 22 heavy (non-hydrogen) atoms. The summed E-state index contributed by atoms with van der Waals surface area (Å²) >= 11 is 6.33. The highest BCUT2D eigenvalue weighted by Crippen LogP contribution is 2.59. The van der Waals surface area contributed by atoms with Gasteiger partial charge in [0.15, 0.2) is 0 Å². The van der Waals surface area contributed by atoms with Gasteiger partial charge >= 0.3 is 0 Å². The molecule has 2 aliphatic rings. The lowest BCUT2D eigenvalue weighted by atomic mass is 9.76. The van der Waals surface area contributed by atoms with Crippen LogP contribution < -0.4 is 4.74 Å². The minimum atomic E-state index is -0.349. The molecule has 0 saturated carbocycles. The zero-order chi connectivity index (χ0) is 15.5. The molecule has 1 spiro atoms. The second-order valence-corrected chi connectivity index (χ2v) is 6.55. The SMILES string of the molecule is COc1ccc(O)c2c1CCC21CCc2c(Cl)ccc(O)c21. The molecular weight excluding hydrogens is 300 g/mol. The second kappa shape index (κ2) is 4.56. The van der Waals surface area contributed by atoms with Gasteiger partial charge in [0.1, 0.15) is 17.2 Å². The lowest BCUT2D eigenvalue weighted by Gasteiger charge is -2.28. The lowest BCUT2D eigenvalue weighted by molar-refractivity contribution is 0.404. The molecule has 1 unspecified atom stereocenters. The van der Waals surface area contributed by atoms with Crippen LogP contribution in [0.25, 0.3) is 0 Å². The molecule has 3 nitrogen and oxygen atoms in total. The van der Waals surface area contributed by atoms with Gasteiger partial charge in [-0.3, -0.25) is 0 Å². The molecule has 0 radical (unpaired) electrons. The molecule has 2 aromatic carbocycles. The molecule has 0 aliphatic heterocycles. The molecule has 2 N–H and O–H groups in total. The van der Waals surface area contributed by atoms with Crippen LogP contribution >= 0.6 is 11.6 Å². The molecule has 0 aromatic heterocycles. The second-order valence-electron chi connectivity index (χ2n) is 6.14. The minimum Gasteiger partial charge on any atom is -0.508 e. The fourth-order valence-electron chi connectivity index (χ4n) is 4.40. The number of hydrogen-bond acceptors (Lipinski definition) is 3. The summed E-state index contributed by atoms with van der Waals surface area (Å²) in [5, 5.41) is 21.6. The fraction of sp³-hybridized carbons (Fsp3) is 0.333. The normalized spacial score (nSPS) is 21.9. The van der Waals surface area contributed by atoms with Crippen LogP contribution in [0.4, 0.5) is 0 Å². The Kier molecular flexibility index (Phi) is 2.85. The van der Waals surface area contributed by atoms with E-state index >= 15 is 0 Å². The number of benzene rings is 2. The maximum absolute atomic E-state index is 10.5. The van der Waals surface area contributed by atoms with Crippen LogP contribution in [0.3, 0.4) is 0 Å². The maximum Gasteiger partial charge on any atom is 0.122 e. The Hall–Kier alpha value is -1.87. The molecule has 0 bridgehead atoms. The summed E-state index contributed by atoms with van der Waals surface area (Å²) in [6, 6.07) is 6.89. The first kappa shape index (κ1) is 13.8. The summed E-state index contributed by atoms with van der Waals surface area (Å²) in [5.41, 5.74) is 3.51. The summed E-state index contributed by atoms with van der Waals surface area (Å²) in [6.45, 7) is 0. The van der Waals surface area contributed by atoms with Gasteiger partial charge in [0.2, 0.25) is 0 Å².